The highest BCUT2D eigenvalue weighted by Gasteiger charge is 2.42. The molecule has 6 heteroatoms. The second kappa shape index (κ2) is 9.47. The van der Waals surface area contributed by atoms with E-state index in [-0.39, 0.29) is 17.1 Å². The third-order valence-electron chi connectivity index (χ3n) is 5.67. The largest absolute Gasteiger partial charge is 0.490 e. The molecule has 1 aliphatic rings. The van der Waals surface area contributed by atoms with Crippen molar-refractivity contribution < 1.29 is 18.7 Å². The Hall–Kier alpha value is -3.28. The van der Waals surface area contributed by atoms with Crippen molar-refractivity contribution in [2.24, 2.45) is 0 Å². The minimum Gasteiger partial charge on any atom is -0.490 e. The van der Waals surface area contributed by atoms with Crippen LogP contribution in [0.3, 0.4) is 0 Å². The van der Waals surface area contributed by atoms with Gasteiger partial charge < -0.3 is 18.8 Å². The van der Waals surface area contributed by atoms with Gasteiger partial charge in [-0.2, -0.15) is 0 Å². The van der Waals surface area contributed by atoms with Crippen LogP contribution in [0.4, 0.5) is 0 Å². The second-order valence-corrected chi connectivity index (χ2v) is 7.91. The molecule has 168 valence electrons. The molecule has 1 atom stereocenters. The fourth-order valence-corrected chi connectivity index (χ4v) is 4.17. The van der Waals surface area contributed by atoms with Crippen LogP contribution in [0.1, 0.15) is 67.8 Å². The monoisotopic (exact) mass is 435 g/mol. The number of hydrogen-bond donors (Lipinski definition) is 0. The van der Waals surface area contributed by atoms with E-state index in [1.54, 1.807) is 29.2 Å². The predicted molar refractivity (Wildman–Crippen MR) is 124 cm³/mol. The molecule has 2 heterocycles. The SMILES string of the molecule is CCCCN1C(=O)c2oc3ccccc3c(=O)c2[C@H]1c1ccc(OCCC)c(OCC)c1. The quantitative estimate of drug-likeness (QED) is 0.455. The molecule has 0 saturated carbocycles. The van der Waals surface area contributed by atoms with E-state index in [4.69, 9.17) is 13.9 Å². The van der Waals surface area contributed by atoms with Crippen molar-refractivity contribution in [2.75, 3.05) is 19.8 Å². The van der Waals surface area contributed by atoms with Gasteiger partial charge in [-0.25, -0.2) is 0 Å². The molecule has 0 N–H and O–H groups in total. The van der Waals surface area contributed by atoms with Crippen molar-refractivity contribution >= 4 is 16.9 Å². The van der Waals surface area contributed by atoms with Gasteiger partial charge in [-0.15, -0.1) is 0 Å². The summed E-state index contributed by atoms with van der Waals surface area (Å²) in [7, 11) is 0. The van der Waals surface area contributed by atoms with Crippen LogP contribution in [0.5, 0.6) is 11.5 Å². The smallest absolute Gasteiger partial charge is 0.290 e. The molecule has 0 aliphatic carbocycles. The van der Waals surface area contributed by atoms with Crippen LogP contribution in [0.2, 0.25) is 0 Å². The standard InChI is InChI=1S/C26H29NO5/c1-4-7-14-27-23(17-12-13-20(31-15-5-2)21(16-17)30-6-3)22-24(28)18-10-8-9-11-19(18)32-25(22)26(27)29/h8-13,16,23H,4-7,14-15H2,1-3H3/t23-/m1/s1. The number of hydrogen-bond acceptors (Lipinski definition) is 5. The Labute approximate surface area is 187 Å². The Morgan fingerprint density at radius 1 is 0.969 bits per heavy atom. The van der Waals surface area contributed by atoms with Crippen molar-refractivity contribution in [1.29, 1.82) is 0 Å². The lowest BCUT2D eigenvalue weighted by Crippen LogP contribution is -2.30. The van der Waals surface area contributed by atoms with Gasteiger partial charge in [0.2, 0.25) is 5.76 Å². The first-order valence-corrected chi connectivity index (χ1v) is 11.4. The van der Waals surface area contributed by atoms with Crippen molar-refractivity contribution in [3.8, 4) is 11.5 Å². The van der Waals surface area contributed by atoms with E-state index in [9.17, 15) is 9.59 Å². The first-order chi connectivity index (χ1) is 15.6. The summed E-state index contributed by atoms with van der Waals surface area (Å²) in [6.45, 7) is 7.65. The van der Waals surface area contributed by atoms with E-state index < -0.39 is 6.04 Å². The van der Waals surface area contributed by atoms with Gasteiger partial charge in [0.1, 0.15) is 5.58 Å². The Morgan fingerprint density at radius 3 is 2.53 bits per heavy atom. The summed E-state index contributed by atoms with van der Waals surface area (Å²) in [6.07, 6.45) is 2.65. The summed E-state index contributed by atoms with van der Waals surface area (Å²) in [5, 5.41) is 0.481. The fraction of sp³-hybridized carbons (Fsp3) is 0.385. The van der Waals surface area contributed by atoms with Gasteiger partial charge in [0.25, 0.3) is 5.91 Å². The molecule has 1 aromatic heterocycles. The van der Waals surface area contributed by atoms with E-state index in [1.807, 2.05) is 32.0 Å². The molecule has 3 aromatic rings. The predicted octanol–water partition coefficient (Wildman–Crippen LogP) is 5.33. The summed E-state index contributed by atoms with van der Waals surface area (Å²) in [6, 6.07) is 12.2. The molecule has 0 radical (unpaired) electrons. The molecule has 0 unspecified atom stereocenters. The number of unbranched alkanes of at least 4 members (excludes halogenated alkanes) is 1. The maximum absolute atomic E-state index is 13.5. The number of fused-ring (bicyclic) bond motifs is 2. The molecule has 4 rings (SSSR count). The highest BCUT2D eigenvalue weighted by molar-refractivity contribution is 5.99. The lowest BCUT2D eigenvalue weighted by atomic mass is 9.98. The van der Waals surface area contributed by atoms with E-state index >= 15 is 0 Å². The summed E-state index contributed by atoms with van der Waals surface area (Å²) < 4.78 is 17.6. The van der Waals surface area contributed by atoms with Gasteiger partial charge in [0.05, 0.1) is 30.2 Å². The number of benzene rings is 2. The lowest BCUT2D eigenvalue weighted by Gasteiger charge is -2.25. The van der Waals surface area contributed by atoms with E-state index in [0.717, 1.165) is 24.8 Å². The van der Waals surface area contributed by atoms with Crippen molar-refractivity contribution in [1.82, 2.24) is 4.90 Å². The third kappa shape index (κ3) is 3.85. The molecule has 2 aromatic carbocycles. The van der Waals surface area contributed by atoms with E-state index in [0.29, 0.717) is 47.8 Å². The molecule has 0 spiro atoms. The number of amides is 1. The van der Waals surface area contributed by atoms with Crippen LogP contribution in [0.15, 0.2) is 51.7 Å². The summed E-state index contributed by atoms with van der Waals surface area (Å²) in [5.74, 6) is 1.16. The van der Waals surface area contributed by atoms with Crippen molar-refractivity contribution in [3.05, 3.63) is 69.6 Å². The Balaban J connectivity index is 1.88. The van der Waals surface area contributed by atoms with Gasteiger partial charge in [0.15, 0.2) is 16.9 Å². The maximum Gasteiger partial charge on any atom is 0.290 e. The third-order valence-corrected chi connectivity index (χ3v) is 5.67. The van der Waals surface area contributed by atoms with Crippen LogP contribution < -0.4 is 14.9 Å². The molecule has 1 aliphatic heterocycles. The van der Waals surface area contributed by atoms with Crippen LogP contribution >= 0.6 is 0 Å². The molecule has 0 bridgehead atoms. The zero-order chi connectivity index (χ0) is 22.7. The summed E-state index contributed by atoms with van der Waals surface area (Å²) >= 11 is 0. The molecule has 32 heavy (non-hydrogen) atoms. The molecule has 6 nitrogen and oxygen atoms in total. The van der Waals surface area contributed by atoms with Gasteiger partial charge >= 0.3 is 0 Å². The molecule has 1 amide bonds. The maximum atomic E-state index is 13.5. The minimum atomic E-state index is -0.524. The number of nitrogens with zero attached hydrogens (tertiary/aromatic N) is 1. The summed E-state index contributed by atoms with van der Waals surface area (Å²) in [4.78, 5) is 28.6. The Morgan fingerprint density at radius 2 is 1.78 bits per heavy atom. The van der Waals surface area contributed by atoms with Gasteiger partial charge in [-0.3, -0.25) is 9.59 Å². The first kappa shape index (κ1) is 21.9. The molecule has 0 fully saturated rings. The average Bonchev–Trinajstić information content (AvgIpc) is 3.09. The van der Waals surface area contributed by atoms with Crippen LogP contribution in [0.25, 0.3) is 11.0 Å². The highest BCUT2D eigenvalue weighted by Crippen LogP contribution is 2.41. The average molecular weight is 436 g/mol. The van der Waals surface area contributed by atoms with Crippen LogP contribution in [-0.2, 0) is 0 Å². The van der Waals surface area contributed by atoms with Crippen LogP contribution in [0, 0.1) is 0 Å². The van der Waals surface area contributed by atoms with Crippen LogP contribution in [-0.4, -0.2) is 30.6 Å². The van der Waals surface area contributed by atoms with Gasteiger partial charge in [-0.05, 0) is 49.6 Å². The topological polar surface area (TPSA) is 69.0 Å². The number of para-hydroxylation sites is 1. The Bertz CT molecular complexity index is 1180. The van der Waals surface area contributed by atoms with E-state index in [2.05, 4.69) is 6.92 Å². The number of carbonyl (C=O) groups excluding carboxylic acids is 1. The lowest BCUT2D eigenvalue weighted by molar-refractivity contribution is 0.0725. The van der Waals surface area contributed by atoms with Crippen molar-refractivity contribution in [3.63, 3.8) is 0 Å². The first-order valence-electron chi connectivity index (χ1n) is 11.4. The highest BCUT2D eigenvalue weighted by atomic mass is 16.5. The minimum absolute atomic E-state index is 0.138. The normalized spacial score (nSPS) is 15.3. The van der Waals surface area contributed by atoms with Gasteiger partial charge in [0, 0.05) is 6.54 Å². The number of ether oxygens (including phenoxy) is 2. The molecule has 0 saturated heterocycles. The zero-order valence-corrected chi connectivity index (χ0v) is 18.8. The van der Waals surface area contributed by atoms with Crippen molar-refractivity contribution in [2.45, 2.75) is 46.1 Å². The summed E-state index contributed by atoms with van der Waals surface area (Å²) in [5.41, 5.74) is 1.47. The van der Waals surface area contributed by atoms with Gasteiger partial charge in [-0.1, -0.05) is 38.5 Å². The zero-order valence-electron chi connectivity index (χ0n) is 18.8. The second-order valence-electron chi connectivity index (χ2n) is 7.91. The van der Waals surface area contributed by atoms with E-state index in [1.165, 1.54) is 0 Å². The Kier molecular flexibility index (Phi) is 6.49. The number of rotatable bonds is 9. The number of carbonyl (C=O) groups is 1. The molecular formula is C26H29NO5. The molecular weight excluding hydrogens is 406 g/mol. The fourth-order valence-electron chi connectivity index (χ4n) is 4.17.